The molecule has 1 heterocycles. The highest BCUT2D eigenvalue weighted by Crippen LogP contribution is 2.17. The van der Waals surface area contributed by atoms with Crippen molar-refractivity contribution in [3.63, 3.8) is 0 Å². The molecule has 0 aliphatic carbocycles. The first kappa shape index (κ1) is 10.2. The Labute approximate surface area is 68.4 Å². The summed E-state index contributed by atoms with van der Waals surface area (Å²) in [5, 5.41) is 12.7. The SMILES string of the molecule is CC(C)(O)[C@H]1CCCN1.Cl. The molecule has 1 fully saturated rings. The third-order valence-electron chi connectivity index (χ3n) is 1.91. The molecule has 0 saturated carbocycles. The Morgan fingerprint density at radius 2 is 2.10 bits per heavy atom. The molecule has 0 bridgehead atoms. The topological polar surface area (TPSA) is 32.3 Å². The summed E-state index contributed by atoms with van der Waals surface area (Å²) in [5.41, 5.74) is -0.531. The first-order chi connectivity index (χ1) is 4.11. The van der Waals surface area contributed by atoms with Crippen LogP contribution in [0.4, 0.5) is 0 Å². The van der Waals surface area contributed by atoms with Gasteiger partial charge in [0.25, 0.3) is 0 Å². The average Bonchev–Trinajstić information content (AvgIpc) is 2.08. The van der Waals surface area contributed by atoms with E-state index in [4.69, 9.17) is 0 Å². The highest BCUT2D eigenvalue weighted by molar-refractivity contribution is 5.85. The molecule has 1 aliphatic rings. The van der Waals surface area contributed by atoms with Crippen molar-refractivity contribution in [2.75, 3.05) is 6.54 Å². The lowest BCUT2D eigenvalue weighted by molar-refractivity contribution is 0.0449. The van der Waals surface area contributed by atoms with Gasteiger partial charge in [0.1, 0.15) is 0 Å². The molecule has 2 N–H and O–H groups in total. The van der Waals surface area contributed by atoms with Crippen molar-refractivity contribution in [3.8, 4) is 0 Å². The molecule has 62 valence electrons. The molecule has 10 heavy (non-hydrogen) atoms. The fourth-order valence-electron chi connectivity index (χ4n) is 1.29. The fourth-order valence-corrected chi connectivity index (χ4v) is 1.29. The summed E-state index contributed by atoms with van der Waals surface area (Å²) < 4.78 is 0. The van der Waals surface area contributed by atoms with Gasteiger partial charge in [-0.1, -0.05) is 0 Å². The van der Waals surface area contributed by atoms with Crippen LogP contribution in [0, 0.1) is 0 Å². The van der Waals surface area contributed by atoms with Gasteiger partial charge in [-0.2, -0.15) is 0 Å². The van der Waals surface area contributed by atoms with Gasteiger partial charge in [-0.3, -0.25) is 0 Å². The van der Waals surface area contributed by atoms with E-state index in [1.54, 1.807) is 0 Å². The standard InChI is InChI=1S/C7H15NO.ClH/c1-7(2,9)6-4-3-5-8-6;/h6,8-9H,3-5H2,1-2H3;1H/t6-;/m1./s1. The van der Waals surface area contributed by atoms with E-state index < -0.39 is 5.60 Å². The predicted octanol–water partition coefficient (Wildman–Crippen LogP) is 0.931. The van der Waals surface area contributed by atoms with Crippen LogP contribution >= 0.6 is 12.4 Å². The lowest BCUT2D eigenvalue weighted by Gasteiger charge is -2.25. The van der Waals surface area contributed by atoms with Crippen LogP contribution < -0.4 is 5.32 Å². The molecule has 1 saturated heterocycles. The van der Waals surface area contributed by atoms with Gasteiger partial charge in [-0.05, 0) is 33.2 Å². The van der Waals surface area contributed by atoms with Crippen LogP contribution in [-0.2, 0) is 0 Å². The van der Waals surface area contributed by atoms with Crippen molar-refractivity contribution in [1.29, 1.82) is 0 Å². The zero-order valence-electron chi connectivity index (χ0n) is 6.55. The number of hydrogen-bond donors (Lipinski definition) is 2. The molecule has 0 spiro atoms. The van der Waals surface area contributed by atoms with E-state index in [0.29, 0.717) is 6.04 Å². The first-order valence-corrected chi connectivity index (χ1v) is 3.56. The lowest BCUT2D eigenvalue weighted by Crippen LogP contribution is -2.42. The third-order valence-corrected chi connectivity index (χ3v) is 1.91. The van der Waals surface area contributed by atoms with Crippen LogP contribution in [0.5, 0.6) is 0 Å². The Bertz CT molecular complexity index is 94.3. The molecule has 1 atom stereocenters. The summed E-state index contributed by atoms with van der Waals surface area (Å²) in [7, 11) is 0. The Balaban J connectivity index is 0.000000810. The number of halogens is 1. The maximum Gasteiger partial charge on any atom is 0.0744 e. The molecule has 0 aromatic carbocycles. The lowest BCUT2D eigenvalue weighted by atomic mass is 9.98. The van der Waals surface area contributed by atoms with E-state index >= 15 is 0 Å². The van der Waals surface area contributed by atoms with Crippen molar-refractivity contribution in [3.05, 3.63) is 0 Å². The summed E-state index contributed by atoms with van der Waals surface area (Å²) in [6.45, 7) is 4.78. The van der Waals surface area contributed by atoms with Gasteiger partial charge in [0.2, 0.25) is 0 Å². The Morgan fingerprint density at radius 1 is 1.50 bits per heavy atom. The number of aliphatic hydroxyl groups is 1. The van der Waals surface area contributed by atoms with E-state index in [0.717, 1.165) is 13.0 Å². The van der Waals surface area contributed by atoms with Crippen LogP contribution in [0.3, 0.4) is 0 Å². The van der Waals surface area contributed by atoms with Crippen molar-refractivity contribution >= 4 is 12.4 Å². The average molecular weight is 166 g/mol. The maximum absolute atomic E-state index is 9.45. The van der Waals surface area contributed by atoms with Crippen molar-refractivity contribution in [2.45, 2.75) is 38.3 Å². The van der Waals surface area contributed by atoms with Gasteiger partial charge in [0.05, 0.1) is 5.60 Å². The monoisotopic (exact) mass is 165 g/mol. The minimum atomic E-state index is -0.531. The van der Waals surface area contributed by atoms with Crippen LogP contribution in [0.25, 0.3) is 0 Å². The second-order valence-electron chi connectivity index (χ2n) is 3.30. The maximum atomic E-state index is 9.45. The van der Waals surface area contributed by atoms with E-state index in [1.165, 1.54) is 6.42 Å². The number of rotatable bonds is 1. The molecule has 0 unspecified atom stereocenters. The smallest absolute Gasteiger partial charge is 0.0744 e. The normalized spacial score (nSPS) is 26.1. The quantitative estimate of drug-likeness (QED) is 0.606. The minimum Gasteiger partial charge on any atom is -0.389 e. The van der Waals surface area contributed by atoms with E-state index in [9.17, 15) is 5.11 Å². The molecule has 0 amide bonds. The fraction of sp³-hybridized carbons (Fsp3) is 1.00. The van der Waals surface area contributed by atoms with E-state index in [1.807, 2.05) is 13.8 Å². The largest absolute Gasteiger partial charge is 0.389 e. The molecule has 0 aromatic rings. The van der Waals surface area contributed by atoms with Crippen LogP contribution in [0.15, 0.2) is 0 Å². The molecule has 1 aliphatic heterocycles. The van der Waals surface area contributed by atoms with Gasteiger partial charge in [0.15, 0.2) is 0 Å². The summed E-state index contributed by atoms with van der Waals surface area (Å²) >= 11 is 0. The van der Waals surface area contributed by atoms with E-state index in [2.05, 4.69) is 5.32 Å². The van der Waals surface area contributed by atoms with Gasteiger partial charge >= 0.3 is 0 Å². The van der Waals surface area contributed by atoms with E-state index in [-0.39, 0.29) is 12.4 Å². The summed E-state index contributed by atoms with van der Waals surface area (Å²) in [6.07, 6.45) is 2.32. The second kappa shape index (κ2) is 3.56. The summed E-state index contributed by atoms with van der Waals surface area (Å²) in [5.74, 6) is 0. The zero-order valence-corrected chi connectivity index (χ0v) is 7.37. The Kier molecular flexibility index (Phi) is 3.63. The molecular weight excluding hydrogens is 150 g/mol. The highest BCUT2D eigenvalue weighted by atomic mass is 35.5. The minimum absolute atomic E-state index is 0. The first-order valence-electron chi connectivity index (χ1n) is 3.56. The zero-order chi connectivity index (χ0) is 6.91. The second-order valence-corrected chi connectivity index (χ2v) is 3.30. The van der Waals surface area contributed by atoms with Crippen LogP contribution in [-0.4, -0.2) is 23.3 Å². The van der Waals surface area contributed by atoms with Crippen LogP contribution in [0.2, 0.25) is 0 Å². The Hall–Kier alpha value is 0.210. The summed E-state index contributed by atoms with van der Waals surface area (Å²) in [4.78, 5) is 0. The van der Waals surface area contributed by atoms with Crippen molar-refractivity contribution < 1.29 is 5.11 Å². The molecule has 0 radical (unpaired) electrons. The van der Waals surface area contributed by atoms with Crippen molar-refractivity contribution in [2.24, 2.45) is 0 Å². The Morgan fingerprint density at radius 3 is 2.30 bits per heavy atom. The predicted molar refractivity (Wildman–Crippen MR) is 44.6 cm³/mol. The van der Waals surface area contributed by atoms with Gasteiger partial charge < -0.3 is 10.4 Å². The summed E-state index contributed by atoms with van der Waals surface area (Å²) in [6, 6.07) is 0.317. The molecule has 3 heteroatoms. The third kappa shape index (κ3) is 2.45. The van der Waals surface area contributed by atoms with Crippen LogP contribution in [0.1, 0.15) is 26.7 Å². The molecule has 1 rings (SSSR count). The van der Waals surface area contributed by atoms with Gasteiger partial charge in [-0.25, -0.2) is 0 Å². The highest BCUT2D eigenvalue weighted by Gasteiger charge is 2.28. The number of nitrogens with one attached hydrogen (secondary N) is 1. The van der Waals surface area contributed by atoms with Gasteiger partial charge in [-0.15, -0.1) is 12.4 Å². The molecule has 2 nitrogen and oxygen atoms in total. The molecular formula is C7H16ClNO. The number of hydrogen-bond acceptors (Lipinski definition) is 2. The molecule has 0 aromatic heterocycles. The van der Waals surface area contributed by atoms with Gasteiger partial charge in [0, 0.05) is 6.04 Å². The van der Waals surface area contributed by atoms with Crippen molar-refractivity contribution in [1.82, 2.24) is 5.32 Å².